The molecule has 0 radical (unpaired) electrons. The second-order valence-electron chi connectivity index (χ2n) is 4.51. The Kier molecular flexibility index (Phi) is 4.52. The maximum atomic E-state index is 11.9. The number of nitrogens with one attached hydrogen (secondary N) is 1. The zero-order valence-corrected chi connectivity index (χ0v) is 10.4. The number of rotatable bonds is 4. The van der Waals surface area contributed by atoms with E-state index in [1.165, 1.54) is 12.1 Å². The Balaban J connectivity index is 2.82. The van der Waals surface area contributed by atoms with Gasteiger partial charge in [0.2, 0.25) is 0 Å². The summed E-state index contributed by atoms with van der Waals surface area (Å²) in [6.45, 7) is 5.55. The van der Waals surface area contributed by atoms with Gasteiger partial charge in [-0.2, -0.15) is 0 Å². The molecule has 0 aliphatic rings. The molecule has 4 nitrogen and oxygen atoms in total. The van der Waals surface area contributed by atoms with Crippen LogP contribution < -0.4 is 5.32 Å². The molecule has 0 aliphatic heterocycles. The van der Waals surface area contributed by atoms with Gasteiger partial charge in [0.15, 0.2) is 0 Å². The van der Waals surface area contributed by atoms with E-state index in [1.807, 2.05) is 13.8 Å². The van der Waals surface area contributed by atoms with Crippen molar-refractivity contribution in [1.82, 2.24) is 5.32 Å². The molecule has 94 valence electrons. The van der Waals surface area contributed by atoms with Gasteiger partial charge in [-0.15, -0.1) is 0 Å². The average molecular weight is 237 g/mol. The summed E-state index contributed by atoms with van der Waals surface area (Å²) in [6, 6.07) is 4.34. The van der Waals surface area contributed by atoms with Gasteiger partial charge in [0.25, 0.3) is 5.91 Å². The monoisotopic (exact) mass is 237 g/mol. The first kappa shape index (κ1) is 13.5. The lowest BCUT2D eigenvalue weighted by Crippen LogP contribution is -2.41. The number of amides is 1. The summed E-state index contributed by atoms with van der Waals surface area (Å²) in [7, 11) is 0. The van der Waals surface area contributed by atoms with Gasteiger partial charge >= 0.3 is 0 Å². The molecule has 0 saturated carbocycles. The van der Waals surface area contributed by atoms with Gasteiger partial charge in [-0.25, -0.2) is 0 Å². The summed E-state index contributed by atoms with van der Waals surface area (Å²) >= 11 is 0. The number of aromatic hydroxyl groups is 1. The molecule has 1 aromatic rings. The largest absolute Gasteiger partial charge is 0.508 e. The fourth-order valence-corrected chi connectivity index (χ4v) is 1.57. The van der Waals surface area contributed by atoms with E-state index in [2.05, 4.69) is 5.32 Å². The van der Waals surface area contributed by atoms with Crippen LogP contribution >= 0.6 is 0 Å². The number of phenolic OH excluding ortho intramolecular Hbond substituents is 1. The van der Waals surface area contributed by atoms with Crippen LogP contribution in [0.4, 0.5) is 0 Å². The summed E-state index contributed by atoms with van der Waals surface area (Å²) in [4.78, 5) is 11.9. The number of hydrogen-bond donors (Lipinski definition) is 3. The molecule has 17 heavy (non-hydrogen) atoms. The zero-order chi connectivity index (χ0) is 13.0. The number of aryl methyl sites for hydroxylation is 1. The molecule has 0 saturated heterocycles. The molecule has 1 amide bonds. The predicted octanol–water partition coefficient (Wildman–Crippen LogP) is 1.45. The van der Waals surface area contributed by atoms with Gasteiger partial charge in [0, 0.05) is 5.56 Å². The Morgan fingerprint density at radius 2 is 2.06 bits per heavy atom. The van der Waals surface area contributed by atoms with E-state index in [-0.39, 0.29) is 30.2 Å². The molecule has 4 heteroatoms. The number of phenols is 1. The summed E-state index contributed by atoms with van der Waals surface area (Å²) in [6.07, 6.45) is 0. The third kappa shape index (κ3) is 3.46. The second-order valence-corrected chi connectivity index (χ2v) is 4.51. The van der Waals surface area contributed by atoms with Crippen LogP contribution in [-0.4, -0.2) is 28.8 Å². The lowest BCUT2D eigenvalue weighted by atomic mass is 10.0. The van der Waals surface area contributed by atoms with E-state index >= 15 is 0 Å². The van der Waals surface area contributed by atoms with E-state index in [9.17, 15) is 9.90 Å². The van der Waals surface area contributed by atoms with E-state index in [1.54, 1.807) is 13.0 Å². The highest BCUT2D eigenvalue weighted by atomic mass is 16.3. The molecule has 0 fully saturated rings. The van der Waals surface area contributed by atoms with Crippen molar-refractivity contribution in [2.75, 3.05) is 6.61 Å². The smallest absolute Gasteiger partial charge is 0.251 e. The van der Waals surface area contributed by atoms with Gasteiger partial charge in [-0.3, -0.25) is 4.79 Å². The van der Waals surface area contributed by atoms with Crippen LogP contribution in [0.3, 0.4) is 0 Å². The molecule has 0 spiro atoms. The zero-order valence-electron chi connectivity index (χ0n) is 10.4. The first-order chi connectivity index (χ1) is 7.95. The molecule has 0 aromatic heterocycles. The molecule has 1 aromatic carbocycles. The van der Waals surface area contributed by atoms with Crippen molar-refractivity contribution >= 4 is 5.91 Å². The highest BCUT2D eigenvalue weighted by Crippen LogP contribution is 2.16. The fourth-order valence-electron chi connectivity index (χ4n) is 1.57. The van der Waals surface area contributed by atoms with Crippen molar-refractivity contribution in [3.63, 3.8) is 0 Å². The Morgan fingerprint density at radius 3 is 2.53 bits per heavy atom. The van der Waals surface area contributed by atoms with Crippen LogP contribution in [0.5, 0.6) is 5.75 Å². The number of carbonyl (C=O) groups is 1. The Morgan fingerprint density at radius 1 is 1.41 bits per heavy atom. The molecule has 0 aliphatic carbocycles. The molecule has 3 N–H and O–H groups in total. The first-order valence-electron chi connectivity index (χ1n) is 5.67. The van der Waals surface area contributed by atoms with Crippen molar-refractivity contribution in [3.8, 4) is 5.75 Å². The minimum Gasteiger partial charge on any atom is -0.508 e. The van der Waals surface area contributed by atoms with Crippen LogP contribution in [0.2, 0.25) is 0 Å². The van der Waals surface area contributed by atoms with Gasteiger partial charge in [-0.05, 0) is 36.6 Å². The standard InChI is InChI=1S/C13H19NO3/c1-8(2)12(7-15)14-13(17)11-5-4-10(16)6-9(11)3/h4-6,8,12,15-16H,7H2,1-3H3,(H,14,17)/t12-/m1/s1. The van der Waals surface area contributed by atoms with Crippen LogP contribution in [0, 0.1) is 12.8 Å². The normalized spacial score (nSPS) is 12.5. The van der Waals surface area contributed by atoms with Crippen molar-refractivity contribution in [1.29, 1.82) is 0 Å². The number of aliphatic hydroxyl groups excluding tert-OH is 1. The lowest BCUT2D eigenvalue weighted by molar-refractivity contribution is 0.0896. The van der Waals surface area contributed by atoms with Crippen molar-refractivity contribution in [2.24, 2.45) is 5.92 Å². The molecule has 1 atom stereocenters. The fraction of sp³-hybridized carbons (Fsp3) is 0.462. The minimum atomic E-state index is -0.254. The Labute approximate surface area is 101 Å². The van der Waals surface area contributed by atoms with E-state index < -0.39 is 0 Å². The van der Waals surface area contributed by atoms with Crippen molar-refractivity contribution in [2.45, 2.75) is 26.8 Å². The molecule has 0 unspecified atom stereocenters. The van der Waals surface area contributed by atoms with Crippen molar-refractivity contribution in [3.05, 3.63) is 29.3 Å². The molecule has 1 rings (SSSR count). The molecule has 0 bridgehead atoms. The van der Waals surface area contributed by atoms with Crippen LogP contribution in [0.25, 0.3) is 0 Å². The maximum absolute atomic E-state index is 11.9. The average Bonchev–Trinajstić information content (AvgIpc) is 2.24. The van der Waals surface area contributed by atoms with Gasteiger partial charge in [-0.1, -0.05) is 13.8 Å². The lowest BCUT2D eigenvalue weighted by Gasteiger charge is -2.20. The predicted molar refractivity (Wildman–Crippen MR) is 66.0 cm³/mol. The maximum Gasteiger partial charge on any atom is 0.251 e. The second kappa shape index (κ2) is 5.68. The number of aliphatic hydroxyl groups is 1. The topological polar surface area (TPSA) is 69.6 Å². The van der Waals surface area contributed by atoms with Crippen LogP contribution in [0.1, 0.15) is 29.8 Å². The van der Waals surface area contributed by atoms with E-state index in [4.69, 9.17) is 5.11 Å². The number of benzene rings is 1. The quantitative estimate of drug-likeness (QED) is 0.742. The van der Waals surface area contributed by atoms with Crippen molar-refractivity contribution < 1.29 is 15.0 Å². The first-order valence-corrected chi connectivity index (χ1v) is 5.67. The third-order valence-corrected chi connectivity index (χ3v) is 2.77. The SMILES string of the molecule is Cc1cc(O)ccc1C(=O)N[C@H](CO)C(C)C. The summed E-state index contributed by atoms with van der Waals surface area (Å²) in [5.74, 6) is 0.0817. The Bertz CT molecular complexity index is 402. The third-order valence-electron chi connectivity index (χ3n) is 2.77. The molecule has 0 heterocycles. The molecular formula is C13H19NO3. The van der Waals surface area contributed by atoms with Crippen LogP contribution in [0.15, 0.2) is 18.2 Å². The van der Waals surface area contributed by atoms with Gasteiger partial charge < -0.3 is 15.5 Å². The summed E-state index contributed by atoms with van der Waals surface area (Å²) in [5, 5.41) is 21.2. The highest BCUT2D eigenvalue weighted by Gasteiger charge is 2.17. The van der Waals surface area contributed by atoms with Crippen LogP contribution in [-0.2, 0) is 0 Å². The van der Waals surface area contributed by atoms with E-state index in [0.717, 1.165) is 0 Å². The highest BCUT2D eigenvalue weighted by molar-refractivity contribution is 5.96. The molecular weight excluding hydrogens is 218 g/mol. The Hall–Kier alpha value is -1.55. The van der Waals surface area contributed by atoms with Gasteiger partial charge in [0.1, 0.15) is 5.75 Å². The number of hydrogen-bond acceptors (Lipinski definition) is 3. The summed E-state index contributed by atoms with van der Waals surface area (Å²) in [5.41, 5.74) is 1.23. The number of carbonyl (C=O) groups excluding carboxylic acids is 1. The summed E-state index contributed by atoms with van der Waals surface area (Å²) < 4.78 is 0. The van der Waals surface area contributed by atoms with E-state index in [0.29, 0.717) is 11.1 Å². The van der Waals surface area contributed by atoms with Gasteiger partial charge in [0.05, 0.1) is 12.6 Å². The minimum absolute atomic E-state index is 0.0828.